The van der Waals surface area contributed by atoms with Crippen molar-refractivity contribution < 1.29 is 24.2 Å². The van der Waals surface area contributed by atoms with Crippen LogP contribution >= 0.6 is 0 Å². The molecule has 2 aliphatic rings. The molecule has 0 radical (unpaired) electrons. The molecule has 35 heavy (non-hydrogen) atoms. The van der Waals surface area contributed by atoms with E-state index in [1.807, 2.05) is 31.2 Å². The number of carboxylic acids is 1. The fraction of sp³-hybridized carbons (Fsp3) is 0.464. The van der Waals surface area contributed by atoms with Crippen LogP contribution in [0.4, 0.5) is 4.79 Å². The first-order valence-corrected chi connectivity index (χ1v) is 12.6. The minimum atomic E-state index is -0.926. The average molecular weight is 479 g/mol. The maximum Gasteiger partial charge on any atom is 0.407 e. The zero-order chi connectivity index (χ0) is 24.8. The zero-order valence-corrected chi connectivity index (χ0v) is 20.2. The molecular formula is C28H34N2O5. The highest BCUT2D eigenvalue weighted by molar-refractivity contribution is 5.79. The van der Waals surface area contributed by atoms with E-state index in [1.54, 1.807) is 0 Å². The molecule has 2 aromatic carbocycles. The van der Waals surface area contributed by atoms with E-state index < -0.39 is 12.1 Å². The van der Waals surface area contributed by atoms with Gasteiger partial charge in [-0.3, -0.25) is 9.59 Å². The summed E-state index contributed by atoms with van der Waals surface area (Å²) in [6.07, 6.45) is 3.92. The second kappa shape index (κ2) is 11.4. The first-order valence-electron chi connectivity index (χ1n) is 12.6. The lowest BCUT2D eigenvalue weighted by Gasteiger charge is -2.32. The Morgan fingerprint density at radius 3 is 2.26 bits per heavy atom. The van der Waals surface area contributed by atoms with Crippen molar-refractivity contribution in [1.82, 2.24) is 10.6 Å². The molecule has 0 spiro atoms. The molecule has 0 heterocycles. The van der Waals surface area contributed by atoms with Crippen LogP contribution in [0.3, 0.4) is 0 Å². The largest absolute Gasteiger partial charge is 0.481 e. The molecule has 2 amide bonds. The highest BCUT2D eigenvalue weighted by atomic mass is 16.5. The van der Waals surface area contributed by atoms with Crippen LogP contribution in [-0.2, 0) is 14.3 Å². The monoisotopic (exact) mass is 478 g/mol. The van der Waals surface area contributed by atoms with Gasteiger partial charge in [-0.1, -0.05) is 68.3 Å². The Morgan fingerprint density at radius 1 is 1.00 bits per heavy atom. The molecule has 186 valence electrons. The van der Waals surface area contributed by atoms with Gasteiger partial charge in [0.25, 0.3) is 0 Å². The van der Waals surface area contributed by atoms with Gasteiger partial charge in [-0.2, -0.15) is 0 Å². The van der Waals surface area contributed by atoms with Gasteiger partial charge in [0.2, 0.25) is 5.91 Å². The predicted octanol–water partition coefficient (Wildman–Crippen LogP) is 4.84. The van der Waals surface area contributed by atoms with Crippen LogP contribution in [0.1, 0.15) is 68.9 Å². The lowest BCUT2D eigenvalue weighted by molar-refractivity contribution is -0.137. The molecule has 1 saturated carbocycles. The maximum atomic E-state index is 12.8. The molecule has 3 N–H and O–H groups in total. The summed E-state index contributed by atoms with van der Waals surface area (Å²) in [5, 5.41) is 14.9. The summed E-state index contributed by atoms with van der Waals surface area (Å²) in [6.45, 7) is 2.11. The fourth-order valence-electron chi connectivity index (χ4n) is 5.47. The van der Waals surface area contributed by atoms with Gasteiger partial charge in [-0.05, 0) is 47.4 Å². The minimum Gasteiger partial charge on any atom is -0.481 e. The van der Waals surface area contributed by atoms with Crippen molar-refractivity contribution in [2.24, 2.45) is 5.92 Å². The van der Waals surface area contributed by atoms with Crippen LogP contribution in [0.15, 0.2) is 48.5 Å². The van der Waals surface area contributed by atoms with E-state index in [0.717, 1.165) is 25.7 Å². The second-order valence-corrected chi connectivity index (χ2v) is 9.60. The Bertz CT molecular complexity index is 1020. The molecule has 0 saturated heterocycles. The van der Waals surface area contributed by atoms with Crippen LogP contribution in [0.5, 0.6) is 0 Å². The molecule has 7 nitrogen and oxygen atoms in total. The second-order valence-electron chi connectivity index (χ2n) is 9.60. The van der Waals surface area contributed by atoms with Gasteiger partial charge in [0, 0.05) is 24.4 Å². The maximum absolute atomic E-state index is 12.8. The van der Waals surface area contributed by atoms with Gasteiger partial charge in [0.15, 0.2) is 0 Å². The third-order valence-corrected chi connectivity index (χ3v) is 7.28. The molecular weight excluding hydrogens is 444 g/mol. The quantitative estimate of drug-likeness (QED) is 0.478. The predicted molar refractivity (Wildman–Crippen MR) is 133 cm³/mol. The van der Waals surface area contributed by atoms with Gasteiger partial charge in [-0.25, -0.2) is 4.79 Å². The van der Waals surface area contributed by atoms with Crippen molar-refractivity contribution in [2.75, 3.05) is 6.61 Å². The Morgan fingerprint density at radius 2 is 1.63 bits per heavy atom. The number of hydrogen-bond donors (Lipinski definition) is 3. The summed E-state index contributed by atoms with van der Waals surface area (Å²) < 4.78 is 5.71. The van der Waals surface area contributed by atoms with Crippen molar-refractivity contribution in [3.63, 3.8) is 0 Å². The Hall–Kier alpha value is -3.35. The van der Waals surface area contributed by atoms with Gasteiger partial charge in [0.1, 0.15) is 6.61 Å². The SMILES string of the molecule is CC[C@@H](CC(=O)O)NC(=O)C[C@H]1CCCC[C@H]1NC(=O)OCC1c2ccccc2-c2ccccc21. The van der Waals surface area contributed by atoms with Gasteiger partial charge < -0.3 is 20.5 Å². The first kappa shape index (κ1) is 24.8. The minimum absolute atomic E-state index is 0.00120. The highest BCUT2D eigenvalue weighted by Gasteiger charge is 2.32. The molecule has 0 aliphatic heterocycles. The van der Waals surface area contributed by atoms with Crippen molar-refractivity contribution in [3.8, 4) is 11.1 Å². The third kappa shape index (κ3) is 6.02. The van der Waals surface area contributed by atoms with Crippen LogP contribution in [0.25, 0.3) is 11.1 Å². The highest BCUT2D eigenvalue weighted by Crippen LogP contribution is 2.44. The standard InChI is InChI=1S/C28H34N2O5/c1-2-19(16-27(32)33)29-26(31)15-18-9-3-8-14-25(18)30-28(34)35-17-24-22-12-6-4-10-20(22)21-11-5-7-13-23(21)24/h4-7,10-13,18-19,24-25H,2-3,8-9,14-17H2,1H3,(H,29,31)(H,30,34)(H,32,33)/t18-,19+,25-/m1/s1. The number of aliphatic carboxylic acids is 1. The normalized spacial score (nSPS) is 19.8. The fourth-order valence-corrected chi connectivity index (χ4v) is 5.47. The summed E-state index contributed by atoms with van der Waals surface area (Å²) in [5.41, 5.74) is 4.70. The number of ether oxygens (including phenoxy) is 1. The summed E-state index contributed by atoms with van der Waals surface area (Å²) >= 11 is 0. The molecule has 0 unspecified atom stereocenters. The van der Waals surface area contributed by atoms with E-state index in [1.165, 1.54) is 22.3 Å². The van der Waals surface area contributed by atoms with Crippen molar-refractivity contribution >= 4 is 18.0 Å². The summed E-state index contributed by atoms with van der Waals surface area (Å²) in [5.74, 6) is -1.08. The van der Waals surface area contributed by atoms with Gasteiger partial charge >= 0.3 is 12.1 Å². The van der Waals surface area contributed by atoms with E-state index in [9.17, 15) is 14.4 Å². The van der Waals surface area contributed by atoms with Crippen LogP contribution in [-0.4, -0.2) is 41.8 Å². The van der Waals surface area contributed by atoms with Crippen LogP contribution in [0.2, 0.25) is 0 Å². The summed E-state index contributed by atoms with van der Waals surface area (Å²) in [7, 11) is 0. The van der Waals surface area contributed by atoms with E-state index in [4.69, 9.17) is 9.84 Å². The number of alkyl carbamates (subject to hydrolysis) is 1. The number of nitrogens with one attached hydrogen (secondary N) is 2. The smallest absolute Gasteiger partial charge is 0.407 e. The Labute approximate surface area is 206 Å². The lowest BCUT2D eigenvalue weighted by Crippen LogP contribution is -2.45. The van der Waals surface area contributed by atoms with Crippen LogP contribution in [0, 0.1) is 5.92 Å². The Balaban J connectivity index is 1.33. The van der Waals surface area contributed by atoms with Crippen molar-refractivity contribution in [2.45, 2.75) is 69.9 Å². The molecule has 4 rings (SSSR count). The number of carbonyl (C=O) groups excluding carboxylic acids is 2. The van der Waals surface area contributed by atoms with E-state index in [-0.39, 0.29) is 49.3 Å². The van der Waals surface area contributed by atoms with Gasteiger partial charge in [-0.15, -0.1) is 0 Å². The molecule has 1 fully saturated rings. The molecule has 0 bridgehead atoms. The first-order chi connectivity index (χ1) is 17.0. The number of fused-ring (bicyclic) bond motifs is 3. The summed E-state index contributed by atoms with van der Waals surface area (Å²) in [6, 6.07) is 15.9. The zero-order valence-electron chi connectivity index (χ0n) is 20.2. The lowest BCUT2D eigenvalue weighted by atomic mass is 9.82. The van der Waals surface area contributed by atoms with E-state index in [0.29, 0.717) is 6.42 Å². The molecule has 2 aromatic rings. The van der Waals surface area contributed by atoms with Crippen molar-refractivity contribution in [1.29, 1.82) is 0 Å². The Kier molecular flexibility index (Phi) is 8.06. The number of benzene rings is 2. The number of carbonyl (C=O) groups is 3. The molecule has 2 aliphatic carbocycles. The molecule has 3 atom stereocenters. The average Bonchev–Trinajstić information content (AvgIpc) is 3.17. The number of hydrogen-bond acceptors (Lipinski definition) is 4. The summed E-state index contributed by atoms with van der Waals surface area (Å²) in [4.78, 5) is 36.3. The molecule has 0 aromatic heterocycles. The third-order valence-electron chi connectivity index (χ3n) is 7.28. The number of carboxylic acid groups (broad SMARTS) is 1. The van der Waals surface area contributed by atoms with E-state index >= 15 is 0 Å². The topological polar surface area (TPSA) is 105 Å². The molecule has 7 heteroatoms. The number of rotatable bonds is 9. The van der Waals surface area contributed by atoms with Crippen molar-refractivity contribution in [3.05, 3.63) is 59.7 Å². The van der Waals surface area contributed by atoms with E-state index in [2.05, 4.69) is 34.9 Å². The number of amides is 2. The van der Waals surface area contributed by atoms with Crippen LogP contribution < -0.4 is 10.6 Å². The van der Waals surface area contributed by atoms with Gasteiger partial charge in [0.05, 0.1) is 6.42 Å².